The van der Waals surface area contributed by atoms with E-state index in [0.717, 1.165) is 33.8 Å². The lowest BCUT2D eigenvalue weighted by molar-refractivity contribution is 0.0995. The molecule has 0 spiro atoms. The van der Waals surface area contributed by atoms with Crippen LogP contribution in [0.5, 0.6) is 0 Å². The fourth-order valence-corrected chi connectivity index (χ4v) is 3.10. The standard InChI is InChI=1S/C19H18N6O/c1-11-16(9-21)18(14-5-3-13(8-20)4-6-14)12(2)25(11)10-15-7-17(19(22)26)24-23-15/h3-8,20H,10H2,1-2H3,(H2,22,26)(H,23,24). The number of H-pyrrole nitrogens is 1. The molecule has 0 aliphatic rings. The molecule has 0 radical (unpaired) electrons. The Morgan fingerprint density at radius 1 is 1.35 bits per heavy atom. The summed E-state index contributed by atoms with van der Waals surface area (Å²) in [5.41, 5.74) is 11.2. The summed E-state index contributed by atoms with van der Waals surface area (Å²) in [6, 6.07) is 11.4. The van der Waals surface area contributed by atoms with Gasteiger partial charge < -0.3 is 15.7 Å². The first-order valence-electron chi connectivity index (χ1n) is 8.01. The van der Waals surface area contributed by atoms with E-state index in [-0.39, 0.29) is 5.69 Å². The minimum Gasteiger partial charge on any atom is -0.364 e. The molecule has 0 aliphatic carbocycles. The van der Waals surface area contributed by atoms with Gasteiger partial charge in [-0.25, -0.2) is 0 Å². The number of nitrogens with two attached hydrogens (primary N) is 1. The number of aromatic nitrogens is 3. The van der Waals surface area contributed by atoms with Crippen molar-refractivity contribution in [1.29, 1.82) is 10.7 Å². The van der Waals surface area contributed by atoms with E-state index in [2.05, 4.69) is 16.3 Å². The van der Waals surface area contributed by atoms with Gasteiger partial charge in [-0.05, 0) is 31.0 Å². The molecule has 0 bridgehead atoms. The topological polar surface area (TPSA) is 124 Å². The van der Waals surface area contributed by atoms with Crippen LogP contribution in [0.15, 0.2) is 30.3 Å². The summed E-state index contributed by atoms with van der Waals surface area (Å²) in [7, 11) is 0. The van der Waals surface area contributed by atoms with Crippen LogP contribution >= 0.6 is 0 Å². The zero-order chi connectivity index (χ0) is 18.8. The Morgan fingerprint density at radius 3 is 2.58 bits per heavy atom. The maximum atomic E-state index is 11.2. The highest BCUT2D eigenvalue weighted by atomic mass is 16.1. The van der Waals surface area contributed by atoms with Crippen molar-refractivity contribution >= 4 is 12.1 Å². The average molecular weight is 346 g/mol. The lowest BCUT2D eigenvalue weighted by Gasteiger charge is -2.08. The Morgan fingerprint density at radius 2 is 2.04 bits per heavy atom. The highest BCUT2D eigenvalue weighted by molar-refractivity contribution is 5.90. The molecule has 26 heavy (non-hydrogen) atoms. The molecule has 3 rings (SSSR count). The number of rotatable bonds is 5. The number of hydrogen-bond acceptors (Lipinski definition) is 4. The normalized spacial score (nSPS) is 10.5. The first-order valence-corrected chi connectivity index (χ1v) is 8.01. The molecular weight excluding hydrogens is 328 g/mol. The van der Waals surface area contributed by atoms with Crippen LogP contribution in [-0.2, 0) is 6.54 Å². The van der Waals surface area contributed by atoms with Crippen LogP contribution in [-0.4, -0.2) is 26.9 Å². The highest BCUT2D eigenvalue weighted by Crippen LogP contribution is 2.32. The molecule has 0 atom stereocenters. The molecule has 1 amide bonds. The molecule has 0 saturated carbocycles. The van der Waals surface area contributed by atoms with E-state index in [1.54, 1.807) is 6.07 Å². The summed E-state index contributed by atoms with van der Waals surface area (Å²) in [4.78, 5) is 11.2. The van der Waals surface area contributed by atoms with Gasteiger partial charge in [0.2, 0.25) is 0 Å². The Kier molecular flexibility index (Phi) is 4.42. The fourth-order valence-electron chi connectivity index (χ4n) is 3.10. The number of benzene rings is 1. The van der Waals surface area contributed by atoms with E-state index in [4.69, 9.17) is 11.1 Å². The van der Waals surface area contributed by atoms with Crippen LogP contribution in [0.4, 0.5) is 0 Å². The summed E-state index contributed by atoms with van der Waals surface area (Å²) in [5.74, 6) is -0.585. The molecule has 2 aromatic heterocycles. The average Bonchev–Trinajstić information content (AvgIpc) is 3.20. The number of aromatic amines is 1. The third-order valence-electron chi connectivity index (χ3n) is 4.47. The lowest BCUT2D eigenvalue weighted by atomic mass is 10.00. The number of carbonyl (C=O) groups is 1. The summed E-state index contributed by atoms with van der Waals surface area (Å²) >= 11 is 0. The minimum absolute atomic E-state index is 0.186. The summed E-state index contributed by atoms with van der Waals surface area (Å²) in [6.45, 7) is 4.30. The van der Waals surface area contributed by atoms with Crippen LogP contribution in [0.1, 0.15) is 38.7 Å². The third-order valence-corrected chi connectivity index (χ3v) is 4.47. The SMILES string of the molecule is Cc1c(C#N)c(-c2ccc(C=N)cc2)c(C)n1Cc1cc(C(N)=O)n[nH]1. The summed E-state index contributed by atoms with van der Waals surface area (Å²) in [5, 5.41) is 23.7. The minimum atomic E-state index is -0.585. The van der Waals surface area contributed by atoms with E-state index in [1.807, 2.05) is 42.7 Å². The largest absolute Gasteiger partial charge is 0.364 e. The van der Waals surface area contributed by atoms with E-state index in [0.29, 0.717) is 12.1 Å². The second-order valence-electron chi connectivity index (χ2n) is 6.03. The number of carbonyl (C=O) groups excluding carboxylic acids is 1. The molecule has 0 unspecified atom stereocenters. The first-order chi connectivity index (χ1) is 12.5. The number of nitrogens with one attached hydrogen (secondary N) is 2. The number of nitriles is 1. The Balaban J connectivity index is 2.06. The number of primary amides is 1. The van der Waals surface area contributed by atoms with Gasteiger partial charge in [-0.2, -0.15) is 10.4 Å². The van der Waals surface area contributed by atoms with Gasteiger partial charge in [-0.15, -0.1) is 0 Å². The zero-order valence-electron chi connectivity index (χ0n) is 14.5. The maximum Gasteiger partial charge on any atom is 0.269 e. The van der Waals surface area contributed by atoms with Gasteiger partial charge in [0.05, 0.1) is 17.8 Å². The second kappa shape index (κ2) is 6.69. The predicted octanol–water partition coefficient (Wildman–Crippen LogP) is 2.51. The highest BCUT2D eigenvalue weighted by Gasteiger charge is 2.19. The van der Waals surface area contributed by atoms with Crippen LogP contribution in [0, 0.1) is 30.6 Å². The predicted molar refractivity (Wildman–Crippen MR) is 98.2 cm³/mol. The Bertz CT molecular complexity index is 1030. The van der Waals surface area contributed by atoms with Crippen molar-refractivity contribution in [1.82, 2.24) is 14.8 Å². The molecule has 7 heteroatoms. The lowest BCUT2D eigenvalue weighted by Crippen LogP contribution is -2.11. The third kappa shape index (κ3) is 2.89. The van der Waals surface area contributed by atoms with Gasteiger partial charge in [-0.1, -0.05) is 24.3 Å². The molecule has 1 aromatic carbocycles. The summed E-state index contributed by atoms with van der Waals surface area (Å²) in [6.07, 6.45) is 1.28. The van der Waals surface area contributed by atoms with E-state index >= 15 is 0 Å². The molecule has 0 aliphatic heterocycles. The molecular formula is C19H18N6O. The zero-order valence-corrected chi connectivity index (χ0v) is 14.5. The van der Waals surface area contributed by atoms with Crippen molar-refractivity contribution < 1.29 is 4.79 Å². The van der Waals surface area contributed by atoms with E-state index in [9.17, 15) is 10.1 Å². The number of nitrogens with zero attached hydrogens (tertiary/aromatic N) is 3. The molecule has 4 N–H and O–H groups in total. The van der Waals surface area contributed by atoms with Crippen LogP contribution < -0.4 is 5.73 Å². The van der Waals surface area contributed by atoms with Gasteiger partial charge >= 0.3 is 0 Å². The van der Waals surface area contributed by atoms with Gasteiger partial charge in [-0.3, -0.25) is 9.89 Å². The van der Waals surface area contributed by atoms with Crippen molar-refractivity contribution in [3.63, 3.8) is 0 Å². The monoisotopic (exact) mass is 346 g/mol. The van der Waals surface area contributed by atoms with Gasteiger partial charge in [0.1, 0.15) is 11.8 Å². The van der Waals surface area contributed by atoms with Crippen LogP contribution in [0.3, 0.4) is 0 Å². The second-order valence-corrected chi connectivity index (χ2v) is 6.03. The van der Waals surface area contributed by atoms with Crippen molar-refractivity contribution in [2.24, 2.45) is 5.73 Å². The van der Waals surface area contributed by atoms with Crippen LogP contribution in [0.2, 0.25) is 0 Å². The van der Waals surface area contributed by atoms with E-state index < -0.39 is 5.91 Å². The molecule has 3 aromatic rings. The fraction of sp³-hybridized carbons (Fsp3) is 0.158. The smallest absolute Gasteiger partial charge is 0.269 e. The maximum absolute atomic E-state index is 11.2. The molecule has 0 saturated heterocycles. The Hall–Kier alpha value is -3.66. The molecule has 7 nitrogen and oxygen atoms in total. The number of amides is 1. The van der Waals surface area contributed by atoms with Gasteiger partial charge in [0.25, 0.3) is 5.91 Å². The Labute approximate surface area is 150 Å². The molecule has 0 fully saturated rings. The van der Waals surface area contributed by atoms with Crippen molar-refractivity contribution in [3.8, 4) is 17.2 Å². The summed E-state index contributed by atoms with van der Waals surface area (Å²) < 4.78 is 2.01. The molecule has 2 heterocycles. The van der Waals surface area contributed by atoms with Crippen molar-refractivity contribution in [3.05, 3.63) is 64.2 Å². The molecule has 130 valence electrons. The van der Waals surface area contributed by atoms with E-state index in [1.165, 1.54) is 6.21 Å². The van der Waals surface area contributed by atoms with Gasteiger partial charge in [0.15, 0.2) is 0 Å². The number of hydrogen-bond donors (Lipinski definition) is 3. The van der Waals surface area contributed by atoms with Crippen molar-refractivity contribution in [2.75, 3.05) is 0 Å². The van der Waals surface area contributed by atoms with Crippen LogP contribution in [0.25, 0.3) is 11.1 Å². The quantitative estimate of drug-likeness (QED) is 0.615. The van der Waals surface area contributed by atoms with Gasteiger partial charge in [0, 0.05) is 23.2 Å². The first kappa shape index (κ1) is 17.2. The van der Waals surface area contributed by atoms with Crippen molar-refractivity contribution in [2.45, 2.75) is 20.4 Å².